The first-order chi connectivity index (χ1) is 10.0. The molecule has 2 rings (SSSR count). The second-order valence-corrected chi connectivity index (χ2v) is 6.27. The molecule has 7 nitrogen and oxygen atoms in total. The first-order valence-corrected chi connectivity index (χ1v) is 8.18. The molecule has 2 N–H and O–H groups in total. The molecule has 0 saturated carbocycles. The zero-order chi connectivity index (χ0) is 15.3. The zero-order valence-electron chi connectivity index (χ0n) is 12.1. The Kier molecular flexibility index (Phi) is 4.92. The van der Waals surface area contributed by atoms with Gasteiger partial charge in [0, 0.05) is 26.6 Å². The summed E-state index contributed by atoms with van der Waals surface area (Å²) in [6.45, 7) is 2.85. The van der Waals surface area contributed by atoms with Gasteiger partial charge in [-0.1, -0.05) is 12.1 Å². The number of nitrogens with zero attached hydrogens (tertiary/aromatic N) is 3. The number of aryl methyl sites for hydroxylation is 1. The van der Waals surface area contributed by atoms with Crippen LogP contribution in [0.3, 0.4) is 0 Å². The zero-order valence-corrected chi connectivity index (χ0v) is 12.9. The average Bonchev–Trinajstić information content (AvgIpc) is 2.85. The highest BCUT2D eigenvalue weighted by molar-refractivity contribution is 7.89. The molecule has 0 bridgehead atoms. The molecular formula is C13H19N5O2S. The molecule has 1 aromatic carbocycles. The van der Waals surface area contributed by atoms with Gasteiger partial charge in [0.1, 0.15) is 17.0 Å². The second-order valence-electron chi connectivity index (χ2n) is 4.53. The molecular weight excluding hydrogens is 290 g/mol. The number of hydrogen-bond acceptors (Lipinski definition) is 5. The Morgan fingerprint density at radius 3 is 2.71 bits per heavy atom. The molecule has 2 aromatic rings. The molecule has 21 heavy (non-hydrogen) atoms. The lowest BCUT2D eigenvalue weighted by molar-refractivity contribution is 0.580. The minimum absolute atomic E-state index is 0.254. The van der Waals surface area contributed by atoms with Gasteiger partial charge in [-0.3, -0.25) is 0 Å². The molecule has 114 valence electrons. The van der Waals surface area contributed by atoms with Crippen molar-refractivity contribution < 1.29 is 8.42 Å². The fourth-order valence-corrected chi connectivity index (χ4v) is 3.16. The van der Waals surface area contributed by atoms with E-state index in [1.165, 1.54) is 0 Å². The molecule has 1 heterocycles. The number of benzene rings is 1. The van der Waals surface area contributed by atoms with E-state index in [9.17, 15) is 8.42 Å². The third-order valence-corrected chi connectivity index (χ3v) is 4.51. The molecule has 0 aliphatic rings. The van der Waals surface area contributed by atoms with Crippen molar-refractivity contribution >= 4 is 15.7 Å². The summed E-state index contributed by atoms with van der Waals surface area (Å²) in [5.41, 5.74) is 0.603. The Balaban J connectivity index is 2.07. The first-order valence-electron chi connectivity index (χ1n) is 6.70. The van der Waals surface area contributed by atoms with Crippen LogP contribution < -0.4 is 10.0 Å². The molecule has 0 fully saturated rings. The topological polar surface area (TPSA) is 88.9 Å². The van der Waals surface area contributed by atoms with E-state index in [2.05, 4.69) is 20.2 Å². The number of aromatic nitrogens is 3. The lowest BCUT2D eigenvalue weighted by Crippen LogP contribution is -2.27. The van der Waals surface area contributed by atoms with Gasteiger partial charge in [0.05, 0.1) is 5.69 Å². The van der Waals surface area contributed by atoms with Crippen molar-refractivity contribution in [3.8, 4) is 0 Å². The monoisotopic (exact) mass is 309 g/mol. The predicted octanol–water partition coefficient (Wildman–Crippen LogP) is 0.768. The normalized spacial score (nSPS) is 11.5. The Morgan fingerprint density at radius 1 is 1.29 bits per heavy atom. The summed E-state index contributed by atoms with van der Waals surface area (Å²) in [6, 6.07) is 6.85. The number of rotatable bonds is 7. The van der Waals surface area contributed by atoms with E-state index in [0.717, 1.165) is 5.82 Å². The van der Waals surface area contributed by atoms with Crippen LogP contribution in [0, 0.1) is 0 Å². The number of sulfonamides is 1. The summed E-state index contributed by atoms with van der Waals surface area (Å²) in [4.78, 5) is 0.254. The van der Waals surface area contributed by atoms with Gasteiger partial charge in [0.2, 0.25) is 10.0 Å². The van der Waals surface area contributed by atoms with Gasteiger partial charge in [-0.05, 0) is 19.1 Å². The maximum absolute atomic E-state index is 12.3. The van der Waals surface area contributed by atoms with Crippen LogP contribution >= 0.6 is 0 Å². The van der Waals surface area contributed by atoms with E-state index in [1.807, 2.05) is 14.0 Å². The predicted molar refractivity (Wildman–Crippen MR) is 80.5 cm³/mol. The number of anilines is 1. The van der Waals surface area contributed by atoms with Crippen molar-refractivity contribution in [2.75, 3.05) is 18.4 Å². The summed E-state index contributed by atoms with van der Waals surface area (Å²) in [6.07, 6.45) is 2.07. The van der Waals surface area contributed by atoms with Crippen LogP contribution in [0.2, 0.25) is 0 Å². The highest BCUT2D eigenvalue weighted by Crippen LogP contribution is 2.20. The lowest BCUT2D eigenvalue weighted by Gasteiger charge is -2.12. The third kappa shape index (κ3) is 3.79. The summed E-state index contributed by atoms with van der Waals surface area (Å²) < 4.78 is 29.1. The lowest BCUT2D eigenvalue weighted by atomic mass is 10.3. The SMILES string of the molecule is CCNc1ccccc1S(=O)(=O)NCCc1nncn1C. The second kappa shape index (κ2) is 6.68. The first kappa shape index (κ1) is 15.5. The summed E-state index contributed by atoms with van der Waals surface area (Å²) >= 11 is 0. The fraction of sp³-hybridized carbons (Fsp3) is 0.385. The standard InChI is InChI=1S/C13H19N5O2S/c1-3-14-11-6-4-5-7-12(11)21(19,20)16-9-8-13-17-15-10-18(13)2/h4-7,10,14,16H,3,8-9H2,1-2H3. The van der Waals surface area contributed by atoms with Crippen LogP contribution in [0.1, 0.15) is 12.7 Å². The van der Waals surface area contributed by atoms with E-state index < -0.39 is 10.0 Å². The maximum atomic E-state index is 12.3. The summed E-state index contributed by atoms with van der Waals surface area (Å²) in [5.74, 6) is 0.734. The Bertz CT molecular complexity index is 696. The van der Waals surface area contributed by atoms with Gasteiger partial charge in [-0.25, -0.2) is 13.1 Å². The molecule has 0 atom stereocenters. The van der Waals surface area contributed by atoms with Crippen LogP contribution in [-0.2, 0) is 23.5 Å². The molecule has 0 unspecified atom stereocenters. The number of para-hydroxylation sites is 1. The van der Waals surface area contributed by atoms with Crippen LogP contribution in [0.4, 0.5) is 5.69 Å². The van der Waals surface area contributed by atoms with Crippen molar-refractivity contribution in [2.45, 2.75) is 18.2 Å². The molecule has 0 aliphatic heterocycles. The maximum Gasteiger partial charge on any atom is 0.242 e. The van der Waals surface area contributed by atoms with E-state index in [0.29, 0.717) is 18.7 Å². The fourth-order valence-electron chi connectivity index (χ4n) is 1.95. The van der Waals surface area contributed by atoms with Crippen LogP contribution in [0.15, 0.2) is 35.5 Å². The van der Waals surface area contributed by atoms with Gasteiger partial charge >= 0.3 is 0 Å². The largest absolute Gasteiger partial charge is 0.384 e. The van der Waals surface area contributed by atoms with E-state index in [4.69, 9.17) is 0 Å². The molecule has 0 radical (unpaired) electrons. The molecule has 1 aromatic heterocycles. The van der Waals surface area contributed by atoms with Gasteiger partial charge in [-0.2, -0.15) is 0 Å². The Labute approximate surface area is 124 Å². The van der Waals surface area contributed by atoms with Crippen molar-refractivity contribution in [1.29, 1.82) is 0 Å². The van der Waals surface area contributed by atoms with Gasteiger partial charge in [-0.15, -0.1) is 10.2 Å². The molecule has 0 aliphatic carbocycles. The van der Waals surface area contributed by atoms with Crippen LogP contribution in [0.25, 0.3) is 0 Å². The summed E-state index contributed by atoms with van der Waals surface area (Å²) in [7, 11) is -1.73. The van der Waals surface area contributed by atoms with E-state index in [1.54, 1.807) is 35.2 Å². The van der Waals surface area contributed by atoms with Crippen LogP contribution in [0.5, 0.6) is 0 Å². The highest BCUT2D eigenvalue weighted by Gasteiger charge is 2.17. The van der Waals surface area contributed by atoms with Crippen LogP contribution in [-0.4, -0.2) is 36.3 Å². The van der Waals surface area contributed by atoms with Crippen molar-refractivity contribution in [2.24, 2.45) is 7.05 Å². The molecule has 0 saturated heterocycles. The quantitative estimate of drug-likeness (QED) is 0.788. The van der Waals surface area contributed by atoms with Crippen molar-refractivity contribution in [1.82, 2.24) is 19.5 Å². The minimum atomic E-state index is -3.55. The Morgan fingerprint density at radius 2 is 2.05 bits per heavy atom. The highest BCUT2D eigenvalue weighted by atomic mass is 32.2. The molecule has 0 spiro atoms. The van der Waals surface area contributed by atoms with E-state index in [-0.39, 0.29) is 11.4 Å². The van der Waals surface area contributed by atoms with Crippen molar-refractivity contribution in [3.05, 3.63) is 36.4 Å². The summed E-state index contributed by atoms with van der Waals surface area (Å²) in [5, 5.41) is 10.7. The van der Waals surface area contributed by atoms with E-state index >= 15 is 0 Å². The average molecular weight is 309 g/mol. The van der Waals surface area contributed by atoms with Gasteiger partial charge < -0.3 is 9.88 Å². The molecule has 8 heteroatoms. The number of hydrogen-bond donors (Lipinski definition) is 2. The van der Waals surface area contributed by atoms with Gasteiger partial charge in [0.25, 0.3) is 0 Å². The minimum Gasteiger partial charge on any atom is -0.384 e. The van der Waals surface area contributed by atoms with Crippen molar-refractivity contribution in [3.63, 3.8) is 0 Å². The smallest absolute Gasteiger partial charge is 0.242 e. The number of nitrogens with one attached hydrogen (secondary N) is 2. The molecule has 0 amide bonds. The Hall–Kier alpha value is -1.93. The van der Waals surface area contributed by atoms with Gasteiger partial charge in [0.15, 0.2) is 0 Å². The third-order valence-electron chi connectivity index (χ3n) is 2.99.